The molecule has 2 heterocycles. The fraction of sp³-hybridized carbons (Fsp3) is 0.611. The maximum absolute atomic E-state index is 12.3. The summed E-state index contributed by atoms with van der Waals surface area (Å²) in [4.78, 5) is 32.5. The molecule has 144 valence electrons. The predicted octanol–water partition coefficient (Wildman–Crippen LogP) is 0.918. The Morgan fingerprint density at radius 2 is 1.92 bits per heavy atom. The van der Waals surface area contributed by atoms with Crippen molar-refractivity contribution in [1.29, 1.82) is 0 Å². The average Bonchev–Trinajstić information content (AvgIpc) is 3.14. The molecule has 2 N–H and O–H groups in total. The molecule has 8 heteroatoms. The molecule has 26 heavy (non-hydrogen) atoms. The molecular weight excluding hydrogens is 334 g/mol. The van der Waals surface area contributed by atoms with Gasteiger partial charge in [-0.15, -0.1) is 0 Å². The first-order valence-electron chi connectivity index (χ1n) is 9.16. The first kappa shape index (κ1) is 19.8. The smallest absolute Gasteiger partial charge is 0.289 e. The molecule has 1 aromatic rings. The summed E-state index contributed by atoms with van der Waals surface area (Å²) >= 11 is 0. The van der Waals surface area contributed by atoms with Gasteiger partial charge in [0, 0.05) is 45.2 Å². The van der Waals surface area contributed by atoms with E-state index < -0.39 is 0 Å². The van der Waals surface area contributed by atoms with E-state index in [-0.39, 0.29) is 17.9 Å². The van der Waals surface area contributed by atoms with Gasteiger partial charge in [0.05, 0.1) is 12.8 Å². The second-order valence-corrected chi connectivity index (χ2v) is 6.46. The lowest BCUT2D eigenvalue weighted by atomic mass is 10.3. The van der Waals surface area contributed by atoms with Crippen molar-refractivity contribution in [3.63, 3.8) is 0 Å². The molecule has 1 aliphatic heterocycles. The van der Waals surface area contributed by atoms with Crippen LogP contribution in [0.2, 0.25) is 0 Å². The lowest BCUT2D eigenvalue weighted by Gasteiger charge is -2.36. The van der Waals surface area contributed by atoms with Crippen molar-refractivity contribution >= 4 is 17.8 Å². The fourth-order valence-electron chi connectivity index (χ4n) is 2.76. The van der Waals surface area contributed by atoms with Crippen LogP contribution in [0.5, 0.6) is 0 Å². The molecule has 0 aliphatic carbocycles. The monoisotopic (exact) mass is 363 g/mol. The summed E-state index contributed by atoms with van der Waals surface area (Å²) in [7, 11) is 0. The van der Waals surface area contributed by atoms with Crippen LogP contribution in [-0.4, -0.2) is 72.9 Å². The maximum Gasteiger partial charge on any atom is 0.289 e. The SMILES string of the molecule is CCNC(=NCCC(=O)NC(C)C)N1CCN(C(=O)c2ccco2)CC1. The number of nitrogens with one attached hydrogen (secondary N) is 2. The first-order chi connectivity index (χ1) is 12.5. The Labute approximate surface area is 154 Å². The minimum absolute atomic E-state index is 0.00784. The van der Waals surface area contributed by atoms with Gasteiger partial charge in [-0.05, 0) is 32.9 Å². The van der Waals surface area contributed by atoms with E-state index in [0.29, 0.717) is 44.9 Å². The van der Waals surface area contributed by atoms with E-state index in [4.69, 9.17) is 4.42 Å². The molecule has 2 amide bonds. The van der Waals surface area contributed by atoms with Gasteiger partial charge in [-0.3, -0.25) is 14.6 Å². The van der Waals surface area contributed by atoms with Gasteiger partial charge in [0.2, 0.25) is 5.91 Å². The number of carbonyl (C=O) groups is 2. The van der Waals surface area contributed by atoms with Crippen LogP contribution in [0.1, 0.15) is 37.7 Å². The highest BCUT2D eigenvalue weighted by Gasteiger charge is 2.25. The summed E-state index contributed by atoms with van der Waals surface area (Å²) in [5.74, 6) is 1.08. The number of piperazine rings is 1. The molecule has 1 fully saturated rings. The third-order valence-electron chi connectivity index (χ3n) is 3.98. The number of amides is 2. The Morgan fingerprint density at radius 1 is 1.23 bits per heavy atom. The van der Waals surface area contributed by atoms with Crippen LogP contribution in [-0.2, 0) is 4.79 Å². The van der Waals surface area contributed by atoms with Gasteiger partial charge < -0.3 is 24.9 Å². The minimum Gasteiger partial charge on any atom is -0.459 e. The number of nitrogens with zero attached hydrogens (tertiary/aromatic N) is 3. The largest absolute Gasteiger partial charge is 0.459 e. The van der Waals surface area contributed by atoms with Crippen LogP contribution in [0.15, 0.2) is 27.8 Å². The molecule has 2 rings (SSSR count). The molecule has 0 unspecified atom stereocenters. The van der Waals surface area contributed by atoms with Gasteiger partial charge in [0.1, 0.15) is 0 Å². The minimum atomic E-state index is -0.0815. The second-order valence-electron chi connectivity index (χ2n) is 6.46. The van der Waals surface area contributed by atoms with E-state index in [1.54, 1.807) is 17.0 Å². The van der Waals surface area contributed by atoms with Crippen molar-refractivity contribution in [3.05, 3.63) is 24.2 Å². The number of carbonyl (C=O) groups excluding carboxylic acids is 2. The van der Waals surface area contributed by atoms with E-state index in [1.165, 1.54) is 6.26 Å². The zero-order valence-corrected chi connectivity index (χ0v) is 15.8. The first-order valence-corrected chi connectivity index (χ1v) is 9.16. The molecule has 0 bridgehead atoms. The highest BCUT2D eigenvalue weighted by Crippen LogP contribution is 2.09. The van der Waals surface area contributed by atoms with Gasteiger partial charge in [-0.1, -0.05) is 0 Å². The fourth-order valence-corrected chi connectivity index (χ4v) is 2.76. The Kier molecular flexibility index (Phi) is 7.50. The summed E-state index contributed by atoms with van der Waals surface area (Å²) in [6, 6.07) is 3.54. The van der Waals surface area contributed by atoms with E-state index >= 15 is 0 Å². The third-order valence-corrected chi connectivity index (χ3v) is 3.98. The van der Waals surface area contributed by atoms with E-state index in [0.717, 1.165) is 12.5 Å². The van der Waals surface area contributed by atoms with Crippen LogP contribution in [0.3, 0.4) is 0 Å². The Morgan fingerprint density at radius 3 is 2.50 bits per heavy atom. The zero-order chi connectivity index (χ0) is 18.9. The van der Waals surface area contributed by atoms with E-state index in [9.17, 15) is 9.59 Å². The van der Waals surface area contributed by atoms with E-state index in [1.807, 2.05) is 20.8 Å². The molecule has 0 atom stereocenters. The molecule has 0 radical (unpaired) electrons. The summed E-state index contributed by atoms with van der Waals surface area (Å²) in [5.41, 5.74) is 0. The van der Waals surface area contributed by atoms with Gasteiger partial charge in [0.15, 0.2) is 11.7 Å². The molecule has 8 nitrogen and oxygen atoms in total. The Balaban J connectivity index is 1.86. The summed E-state index contributed by atoms with van der Waals surface area (Å²) in [6.45, 7) is 9.68. The van der Waals surface area contributed by atoms with Crippen LogP contribution in [0.25, 0.3) is 0 Å². The lowest BCUT2D eigenvalue weighted by Crippen LogP contribution is -2.53. The molecule has 0 saturated carbocycles. The highest BCUT2D eigenvalue weighted by molar-refractivity contribution is 5.91. The molecule has 0 aromatic carbocycles. The number of rotatable bonds is 6. The number of hydrogen-bond acceptors (Lipinski definition) is 4. The van der Waals surface area contributed by atoms with Crippen molar-refractivity contribution < 1.29 is 14.0 Å². The van der Waals surface area contributed by atoms with Crippen LogP contribution < -0.4 is 10.6 Å². The van der Waals surface area contributed by atoms with Crippen LogP contribution >= 0.6 is 0 Å². The molecule has 1 aromatic heterocycles. The second kappa shape index (κ2) is 9.84. The topological polar surface area (TPSA) is 90.2 Å². The quantitative estimate of drug-likeness (QED) is 0.579. The number of guanidine groups is 1. The molecular formula is C18H29N5O3. The van der Waals surface area contributed by atoms with Crippen molar-refractivity contribution in [2.45, 2.75) is 33.2 Å². The van der Waals surface area contributed by atoms with Crippen LogP contribution in [0, 0.1) is 0 Å². The van der Waals surface area contributed by atoms with Crippen molar-refractivity contribution in [2.24, 2.45) is 4.99 Å². The highest BCUT2D eigenvalue weighted by atomic mass is 16.3. The van der Waals surface area contributed by atoms with Crippen molar-refractivity contribution in [2.75, 3.05) is 39.3 Å². The molecule has 1 saturated heterocycles. The van der Waals surface area contributed by atoms with Crippen molar-refractivity contribution in [1.82, 2.24) is 20.4 Å². The van der Waals surface area contributed by atoms with Crippen LogP contribution in [0.4, 0.5) is 0 Å². The summed E-state index contributed by atoms with van der Waals surface area (Å²) in [5, 5.41) is 6.13. The van der Waals surface area contributed by atoms with Gasteiger partial charge in [0.25, 0.3) is 5.91 Å². The van der Waals surface area contributed by atoms with E-state index in [2.05, 4.69) is 20.5 Å². The zero-order valence-electron chi connectivity index (χ0n) is 15.8. The normalized spacial score (nSPS) is 15.3. The molecule has 1 aliphatic rings. The van der Waals surface area contributed by atoms with Gasteiger partial charge >= 0.3 is 0 Å². The standard InChI is InChI=1S/C18H29N5O3/c1-4-19-18(20-8-7-16(24)21-14(2)3)23-11-9-22(10-12-23)17(25)15-6-5-13-26-15/h5-6,13-14H,4,7-12H2,1-3H3,(H,19,20)(H,21,24). The average molecular weight is 363 g/mol. The van der Waals surface area contributed by atoms with Gasteiger partial charge in [-0.2, -0.15) is 0 Å². The number of furan rings is 1. The van der Waals surface area contributed by atoms with Gasteiger partial charge in [-0.25, -0.2) is 0 Å². The summed E-state index contributed by atoms with van der Waals surface area (Å²) < 4.78 is 5.19. The number of hydrogen-bond donors (Lipinski definition) is 2. The number of aliphatic imine (C=N–C) groups is 1. The summed E-state index contributed by atoms with van der Waals surface area (Å²) in [6.07, 6.45) is 1.87. The lowest BCUT2D eigenvalue weighted by molar-refractivity contribution is -0.121. The predicted molar refractivity (Wildman–Crippen MR) is 100 cm³/mol. The Bertz CT molecular complexity index is 604. The Hall–Kier alpha value is -2.51. The van der Waals surface area contributed by atoms with Crippen molar-refractivity contribution in [3.8, 4) is 0 Å². The third kappa shape index (κ3) is 5.79. The maximum atomic E-state index is 12.3. The molecule has 0 spiro atoms.